The van der Waals surface area contributed by atoms with E-state index in [4.69, 9.17) is 4.74 Å². The van der Waals surface area contributed by atoms with Gasteiger partial charge in [0.15, 0.2) is 11.0 Å². The summed E-state index contributed by atoms with van der Waals surface area (Å²) in [5.41, 5.74) is 1.85. The Balaban J connectivity index is 1.64. The minimum Gasteiger partial charge on any atom is -0.497 e. The molecule has 1 N–H and O–H groups in total. The van der Waals surface area contributed by atoms with Crippen molar-refractivity contribution in [3.05, 3.63) is 48.2 Å². The Labute approximate surface area is 155 Å². The van der Waals surface area contributed by atoms with Crippen LogP contribution in [0.3, 0.4) is 0 Å². The fraction of sp³-hybridized carbons (Fsp3) is 0.222. The molecule has 0 fully saturated rings. The van der Waals surface area contributed by atoms with E-state index in [2.05, 4.69) is 20.5 Å². The predicted octanol–water partition coefficient (Wildman–Crippen LogP) is 2.92. The lowest BCUT2D eigenvalue weighted by atomic mass is 10.2. The molecule has 26 heavy (non-hydrogen) atoms. The fourth-order valence-corrected chi connectivity index (χ4v) is 3.06. The number of thioether (sulfide) groups is 1. The van der Waals surface area contributed by atoms with Crippen molar-refractivity contribution in [3.63, 3.8) is 0 Å². The number of amides is 1. The minimum absolute atomic E-state index is 0.134. The molecule has 2 heterocycles. The van der Waals surface area contributed by atoms with Crippen molar-refractivity contribution in [2.75, 3.05) is 18.2 Å². The van der Waals surface area contributed by atoms with Crippen LogP contribution in [0.5, 0.6) is 5.75 Å². The number of nitrogens with one attached hydrogen (secondary N) is 1. The van der Waals surface area contributed by atoms with Gasteiger partial charge in [-0.1, -0.05) is 17.8 Å². The normalized spacial score (nSPS) is 10.6. The van der Waals surface area contributed by atoms with Gasteiger partial charge in [0.25, 0.3) is 0 Å². The van der Waals surface area contributed by atoms with Gasteiger partial charge in [-0.3, -0.25) is 4.79 Å². The maximum absolute atomic E-state index is 12.2. The summed E-state index contributed by atoms with van der Waals surface area (Å²) in [5, 5.41) is 11.9. The van der Waals surface area contributed by atoms with Crippen LogP contribution in [0.1, 0.15) is 5.56 Å². The van der Waals surface area contributed by atoms with Gasteiger partial charge in [0.2, 0.25) is 5.91 Å². The first kappa shape index (κ1) is 17.9. The van der Waals surface area contributed by atoms with Crippen LogP contribution in [-0.4, -0.2) is 38.5 Å². The molecule has 0 atom stereocenters. The number of aryl methyl sites for hydroxylation is 1. The predicted molar refractivity (Wildman–Crippen MR) is 101 cm³/mol. The minimum atomic E-state index is -0.134. The first-order chi connectivity index (χ1) is 12.6. The average molecular weight is 369 g/mol. The topological polar surface area (TPSA) is 81.9 Å². The molecule has 3 rings (SSSR count). The Morgan fingerprint density at radius 3 is 2.69 bits per heavy atom. The van der Waals surface area contributed by atoms with E-state index in [1.807, 2.05) is 54.9 Å². The van der Waals surface area contributed by atoms with Crippen molar-refractivity contribution >= 4 is 23.5 Å². The van der Waals surface area contributed by atoms with Gasteiger partial charge in [-0.05, 0) is 42.8 Å². The Morgan fingerprint density at radius 1 is 1.23 bits per heavy atom. The highest BCUT2D eigenvalue weighted by atomic mass is 32.2. The van der Waals surface area contributed by atoms with Crippen molar-refractivity contribution < 1.29 is 9.53 Å². The first-order valence-corrected chi connectivity index (χ1v) is 8.95. The highest BCUT2D eigenvalue weighted by Crippen LogP contribution is 2.24. The Morgan fingerprint density at radius 2 is 2.00 bits per heavy atom. The van der Waals surface area contributed by atoms with Crippen molar-refractivity contribution in [2.24, 2.45) is 7.05 Å². The number of hydrogen-bond donors (Lipinski definition) is 1. The lowest BCUT2D eigenvalue weighted by Gasteiger charge is -2.07. The van der Waals surface area contributed by atoms with E-state index in [-0.39, 0.29) is 11.7 Å². The number of ether oxygens (including phenoxy) is 1. The van der Waals surface area contributed by atoms with E-state index in [1.165, 1.54) is 11.8 Å². The van der Waals surface area contributed by atoms with Crippen molar-refractivity contribution in [1.29, 1.82) is 0 Å². The molecule has 134 valence electrons. The zero-order valence-electron chi connectivity index (χ0n) is 14.8. The van der Waals surface area contributed by atoms with Gasteiger partial charge >= 0.3 is 0 Å². The van der Waals surface area contributed by atoms with Gasteiger partial charge in [-0.25, -0.2) is 4.98 Å². The molecule has 0 aliphatic carbocycles. The molecule has 2 aromatic heterocycles. The standard InChI is InChI=1S/C18H19N5O2S/c1-12-5-4-10-19-16(12)20-15(24)11-26-18-22-21-17(23(18)2)13-6-8-14(25-3)9-7-13/h4-10H,11H2,1-3H3,(H,19,20,24). The second kappa shape index (κ2) is 8.01. The number of carbonyl (C=O) groups is 1. The van der Waals surface area contributed by atoms with Crippen molar-refractivity contribution in [1.82, 2.24) is 19.7 Å². The number of pyridine rings is 1. The third-order valence-corrected chi connectivity index (χ3v) is 4.80. The molecule has 7 nitrogen and oxygen atoms in total. The summed E-state index contributed by atoms with van der Waals surface area (Å²) in [7, 11) is 3.51. The second-order valence-corrected chi connectivity index (χ2v) is 6.54. The Bertz CT molecular complexity index is 908. The molecular weight excluding hydrogens is 350 g/mol. The van der Waals surface area contributed by atoms with Crippen LogP contribution in [-0.2, 0) is 11.8 Å². The van der Waals surface area contributed by atoms with E-state index >= 15 is 0 Å². The third-order valence-electron chi connectivity index (χ3n) is 3.78. The van der Waals surface area contributed by atoms with E-state index < -0.39 is 0 Å². The van der Waals surface area contributed by atoms with Gasteiger partial charge in [0.1, 0.15) is 11.6 Å². The summed E-state index contributed by atoms with van der Waals surface area (Å²) < 4.78 is 7.03. The number of rotatable bonds is 6. The zero-order valence-corrected chi connectivity index (χ0v) is 15.6. The number of nitrogens with zero attached hydrogens (tertiary/aromatic N) is 4. The summed E-state index contributed by atoms with van der Waals surface area (Å²) in [6.45, 7) is 1.90. The lowest BCUT2D eigenvalue weighted by molar-refractivity contribution is -0.113. The molecule has 8 heteroatoms. The molecular formula is C18H19N5O2S. The van der Waals surface area contributed by atoms with E-state index in [1.54, 1.807) is 13.3 Å². The van der Waals surface area contributed by atoms with Gasteiger partial charge in [0.05, 0.1) is 12.9 Å². The number of methoxy groups -OCH3 is 1. The molecule has 1 aromatic carbocycles. The van der Waals surface area contributed by atoms with Crippen LogP contribution < -0.4 is 10.1 Å². The molecule has 3 aromatic rings. The largest absolute Gasteiger partial charge is 0.497 e. The van der Waals surface area contributed by atoms with Gasteiger partial charge < -0.3 is 14.6 Å². The third kappa shape index (κ3) is 4.02. The molecule has 0 spiro atoms. The van der Waals surface area contributed by atoms with Gasteiger partial charge in [-0.2, -0.15) is 0 Å². The van der Waals surface area contributed by atoms with E-state index in [0.717, 1.165) is 22.7 Å². The first-order valence-electron chi connectivity index (χ1n) is 7.96. The van der Waals surface area contributed by atoms with E-state index in [9.17, 15) is 4.79 Å². The van der Waals surface area contributed by atoms with Crippen LogP contribution >= 0.6 is 11.8 Å². The summed E-state index contributed by atoms with van der Waals surface area (Å²) >= 11 is 1.33. The maximum atomic E-state index is 12.2. The summed E-state index contributed by atoms with van der Waals surface area (Å²) in [6.07, 6.45) is 1.65. The van der Waals surface area contributed by atoms with Crippen molar-refractivity contribution in [2.45, 2.75) is 12.1 Å². The number of carbonyl (C=O) groups excluding carboxylic acids is 1. The summed E-state index contributed by atoms with van der Waals surface area (Å²) in [4.78, 5) is 16.3. The Hall–Kier alpha value is -2.87. The highest BCUT2D eigenvalue weighted by Gasteiger charge is 2.13. The maximum Gasteiger partial charge on any atom is 0.236 e. The monoisotopic (exact) mass is 369 g/mol. The van der Waals surface area contributed by atoms with Crippen LogP contribution in [0.15, 0.2) is 47.8 Å². The highest BCUT2D eigenvalue weighted by molar-refractivity contribution is 7.99. The van der Waals surface area contributed by atoms with Crippen LogP contribution in [0, 0.1) is 6.92 Å². The van der Waals surface area contributed by atoms with Crippen LogP contribution in [0.25, 0.3) is 11.4 Å². The van der Waals surface area contributed by atoms with Crippen molar-refractivity contribution in [3.8, 4) is 17.1 Å². The zero-order chi connectivity index (χ0) is 18.5. The summed E-state index contributed by atoms with van der Waals surface area (Å²) in [5.74, 6) is 2.19. The van der Waals surface area contributed by atoms with E-state index in [0.29, 0.717) is 11.0 Å². The Kier molecular flexibility index (Phi) is 5.52. The molecule has 0 saturated carbocycles. The SMILES string of the molecule is COc1ccc(-c2nnc(SCC(=O)Nc3ncccc3C)n2C)cc1. The summed E-state index contributed by atoms with van der Waals surface area (Å²) in [6, 6.07) is 11.3. The lowest BCUT2D eigenvalue weighted by Crippen LogP contribution is -2.16. The quantitative estimate of drug-likeness (QED) is 0.673. The molecule has 0 unspecified atom stereocenters. The van der Waals surface area contributed by atoms with Crippen LogP contribution in [0.4, 0.5) is 5.82 Å². The molecule has 1 amide bonds. The van der Waals surface area contributed by atoms with Crippen LogP contribution in [0.2, 0.25) is 0 Å². The average Bonchev–Trinajstić information content (AvgIpc) is 3.02. The number of aromatic nitrogens is 4. The molecule has 0 saturated heterocycles. The second-order valence-electron chi connectivity index (χ2n) is 5.60. The molecule has 0 radical (unpaired) electrons. The van der Waals surface area contributed by atoms with Gasteiger partial charge in [0, 0.05) is 18.8 Å². The van der Waals surface area contributed by atoms with Gasteiger partial charge in [-0.15, -0.1) is 10.2 Å². The number of benzene rings is 1. The fourth-order valence-electron chi connectivity index (χ4n) is 2.35. The number of hydrogen-bond acceptors (Lipinski definition) is 6. The molecule has 0 aliphatic heterocycles. The molecule has 0 aliphatic rings. The molecule has 0 bridgehead atoms. The number of anilines is 1. The smallest absolute Gasteiger partial charge is 0.236 e.